The summed E-state index contributed by atoms with van der Waals surface area (Å²) in [6, 6.07) is 10.8. The zero-order valence-electron chi connectivity index (χ0n) is 12.5. The Kier molecular flexibility index (Phi) is 6.22. The van der Waals surface area contributed by atoms with Crippen molar-refractivity contribution in [2.45, 2.75) is 4.90 Å². The van der Waals surface area contributed by atoms with Crippen molar-refractivity contribution < 1.29 is 17.9 Å². The zero-order valence-corrected chi connectivity index (χ0v) is 15.7. The summed E-state index contributed by atoms with van der Waals surface area (Å²) < 4.78 is 32.4. The normalized spacial score (nSPS) is 11.1. The molecule has 2 aromatic rings. The molecule has 0 aliphatic rings. The predicted octanol–water partition coefficient (Wildman–Crippen LogP) is 3.03. The van der Waals surface area contributed by atoms with Crippen LogP contribution in [0.1, 0.15) is 0 Å². The molecule has 1 amide bonds. The first-order valence-electron chi connectivity index (χ1n) is 6.70. The molecule has 0 aliphatic carbocycles. The van der Waals surface area contributed by atoms with Crippen LogP contribution in [-0.4, -0.2) is 28.0 Å². The summed E-state index contributed by atoms with van der Waals surface area (Å²) >= 11 is 9.11. The minimum absolute atomic E-state index is 0.0684. The molecule has 0 bridgehead atoms. The van der Waals surface area contributed by atoms with Gasteiger partial charge >= 0.3 is 0 Å². The maximum absolute atomic E-state index is 12.1. The Labute approximate surface area is 153 Å². The van der Waals surface area contributed by atoms with Crippen LogP contribution in [0.3, 0.4) is 0 Å². The Balaban J connectivity index is 2.03. The molecule has 0 aromatic heterocycles. The van der Waals surface area contributed by atoms with E-state index in [0.717, 1.165) is 4.47 Å². The number of methoxy groups -OCH3 is 1. The van der Waals surface area contributed by atoms with E-state index >= 15 is 0 Å². The Morgan fingerprint density at radius 3 is 2.50 bits per heavy atom. The summed E-state index contributed by atoms with van der Waals surface area (Å²) in [4.78, 5) is 12.0. The lowest BCUT2D eigenvalue weighted by molar-refractivity contribution is -0.115. The number of carbonyl (C=O) groups excluding carboxylic acids is 1. The fourth-order valence-corrected chi connectivity index (χ4v) is 3.25. The van der Waals surface area contributed by atoms with Crippen LogP contribution >= 0.6 is 27.5 Å². The number of hydrogen-bond acceptors (Lipinski definition) is 4. The van der Waals surface area contributed by atoms with Gasteiger partial charge in [0, 0.05) is 9.50 Å². The van der Waals surface area contributed by atoms with Gasteiger partial charge in [0.25, 0.3) is 0 Å². The number of sulfonamides is 1. The van der Waals surface area contributed by atoms with Gasteiger partial charge in [-0.2, -0.15) is 0 Å². The third-order valence-corrected chi connectivity index (χ3v) is 5.16. The summed E-state index contributed by atoms with van der Waals surface area (Å²) in [5.74, 6) is -0.125. The van der Waals surface area contributed by atoms with E-state index < -0.39 is 22.5 Å². The number of nitrogens with one attached hydrogen (secondary N) is 2. The monoisotopic (exact) mass is 432 g/mol. The minimum Gasteiger partial charge on any atom is -0.495 e. The maximum Gasteiger partial charge on any atom is 0.241 e. The van der Waals surface area contributed by atoms with Gasteiger partial charge in [0.2, 0.25) is 15.9 Å². The highest BCUT2D eigenvalue weighted by Crippen LogP contribution is 2.27. The van der Waals surface area contributed by atoms with Gasteiger partial charge in [-0.1, -0.05) is 27.5 Å². The van der Waals surface area contributed by atoms with E-state index in [2.05, 4.69) is 26.0 Å². The van der Waals surface area contributed by atoms with Crippen molar-refractivity contribution in [3.8, 4) is 5.75 Å². The van der Waals surface area contributed by atoms with Crippen LogP contribution in [0.5, 0.6) is 5.75 Å². The molecule has 24 heavy (non-hydrogen) atoms. The molecule has 0 aliphatic heterocycles. The predicted molar refractivity (Wildman–Crippen MR) is 96.0 cm³/mol. The van der Waals surface area contributed by atoms with Crippen LogP contribution in [0.4, 0.5) is 5.69 Å². The van der Waals surface area contributed by atoms with Gasteiger partial charge in [-0.15, -0.1) is 0 Å². The van der Waals surface area contributed by atoms with E-state index in [1.165, 1.54) is 25.3 Å². The SMILES string of the molecule is COc1ccc(Cl)cc1NC(=O)CNS(=O)(=O)c1ccc(Br)cc1. The number of ether oxygens (including phenoxy) is 1. The summed E-state index contributed by atoms with van der Waals surface area (Å²) in [6.45, 7) is -0.423. The van der Waals surface area contributed by atoms with Gasteiger partial charge in [-0.25, -0.2) is 13.1 Å². The number of halogens is 2. The second kappa shape index (κ2) is 7.98. The molecule has 0 spiro atoms. The van der Waals surface area contributed by atoms with Crippen LogP contribution in [0.25, 0.3) is 0 Å². The molecule has 0 unspecified atom stereocenters. The lowest BCUT2D eigenvalue weighted by Crippen LogP contribution is -2.33. The van der Waals surface area contributed by atoms with Gasteiger partial charge < -0.3 is 10.1 Å². The van der Waals surface area contributed by atoms with Crippen molar-refractivity contribution >= 4 is 49.1 Å². The summed E-state index contributed by atoms with van der Waals surface area (Å²) in [5, 5.41) is 2.97. The molecule has 9 heteroatoms. The first kappa shape index (κ1) is 18.7. The van der Waals surface area contributed by atoms with E-state index in [1.54, 1.807) is 24.3 Å². The Morgan fingerprint density at radius 2 is 1.88 bits per heavy atom. The largest absolute Gasteiger partial charge is 0.495 e. The number of benzene rings is 2. The Morgan fingerprint density at radius 1 is 1.21 bits per heavy atom. The number of hydrogen-bond donors (Lipinski definition) is 2. The Bertz CT molecular complexity index is 841. The minimum atomic E-state index is -3.78. The molecule has 0 saturated carbocycles. The van der Waals surface area contributed by atoms with Gasteiger partial charge in [0.05, 0.1) is 24.2 Å². The molecule has 2 aromatic carbocycles. The van der Waals surface area contributed by atoms with E-state index in [1.807, 2.05) is 0 Å². The molecular formula is C15H14BrClN2O4S. The molecular weight excluding hydrogens is 420 g/mol. The van der Waals surface area contributed by atoms with Crippen LogP contribution in [0.2, 0.25) is 5.02 Å². The maximum atomic E-state index is 12.1. The zero-order chi connectivity index (χ0) is 17.7. The lowest BCUT2D eigenvalue weighted by Gasteiger charge is -2.11. The molecule has 6 nitrogen and oxygen atoms in total. The van der Waals surface area contributed by atoms with Crippen LogP contribution < -0.4 is 14.8 Å². The second-order valence-electron chi connectivity index (χ2n) is 4.67. The molecule has 0 saturated heterocycles. The van der Waals surface area contributed by atoms with Crippen LogP contribution in [0, 0.1) is 0 Å². The Hall–Kier alpha value is -1.61. The highest BCUT2D eigenvalue weighted by molar-refractivity contribution is 9.10. The molecule has 2 N–H and O–H groups in total. The summed E-state index contributed by atoms with van der Waals surface area (Å²) in [6.07, 6.45) is 0. The van der Waals surface area contributed by atoms with Crippen molar-refractivity contribution in [3.05, 3.63) is 52.0 Å². The van der Waals surface area contributed by atoms with Crippen molar-refractivity contribution in [2.75, 3.05) is 19.0 Å². The van der Waals surface area contributed by atoms with E-state index in [4.69, 9.17) is 16.3 Å². The number of rotatable bonds is 6. The lowest BCUT2D eigenvalue weighted by atomic mass is 10.3. The number of amides is 1. The summed E-state index contributed by atoms with van der Waals surface area (Å²) in [7, 11) is -2.32. The average Bonchev–Trinajstić information content (AvgIpc) is 2.54. The molecule has 0 atom stereocenters. The van der Waals surface area contributed by atoms with Gasteiger partial charge in [0.1, 0.15) is 5.75 Å². The van der Waals surface area contributed by atoms with E-state index in [-0.39, 0.29) is 4.90 Å². The van der Waals surface area contributed by atoms with Gasteiger partial charge in [-0.3, -0.25) is 4.79 Å². The quantitative estimate of drug-likeness (QED) is 0.733. The second-order valence-corrected chi connectivity index (χ2v) is 7.79. The first-order valence-corrected chi connectivity index (χ1v) is 9.36. The first-order chi connectivity index (χ1) is 11.3. The highest BCUT2D eigenvalue weighted by Gasteiger charge is 2.16. The van der Waals surface area contributed by atoms with Crippen molar-refractivity contribution in [2.24, 2.45) is 0 Å². The number of carbonyl (C=O) groups is 1. The van der Waals surface area contributed by atoms with E-state index in [9.17, 15) is 13.2 Å². The molecule has 128 valence electrons. The molecule has 0 fully saturated rings. The topological polar surface area (TPSA) is 84.5 Å². The van der Waals surface area contributed by atoms with Crippen LogP contribution in [-0.2, 0) is 14.8 Å². The summed E-state index contributed by atoms with van der Waals surface area (Å²) in [5.41, 5.74) is 0.359. The fourth-order valence-electron chi connectivity index (χ4n) is 1.83. The van der Waals surface area contributed by atoms with Crippen molar-refractivity contribution in [3.63, 3.8) is 0 Å². The molecule has 2 rings (SSSR count). The standard InChI is InChI=1S/C15H14BrClN2O4S/c1-23-14-7-4-11(17)8-13(14)19-15(20)9-18-24(21,22)12-5-2-10(16)3-6-12/h2-8,18H,9H2,1H3,(H,19,20). The van der Waals surface area contributed by atoms with Gasteiger partial charge in [-0.05, 0) is 42.5 Å². The van der Waals surface area contributed by atoms with Gasteiger partial charge in [0.15, 0.2) is 0 Å². The third-order valence-electron chi connectivity index (χ3n) is 2.98. The van der Waals surface area contributed by atoms with E-state index in [0.29, 0.717) is 16.5 Å². The molecule has 0 radical (unpaired) electrons. The highest BCUT2D eigenvalue weighted by atomic mass is 79.9. The molecule has 0 heterocycles. The number of anilines is 1. The van der Waals surface area contributed by atoms with Crippen LogP contribution in [0.15, 0.2) is 51.8 Å². The third kappa shape index (κ3) is 4.94. The van der Waals surface area contributed by atoms with Crippen molar-refractivity contribution in [1.82, 2.24) is 4.72 Å². The smallest absolute Gasteiger partial charge is 0.241 e. The van der Waals surface area contributed by atoms with Crippen molar-refractivity contribution in [1.29, 1.82) is 0 Å². The average molecular weight is 434 g/mol. The fraction of sp³-hybridized carbons (Fsp3) is 0.133.